The molecule has 0 radical (unpaired) electrons. The van der Waals surface area contributed by atoms with Gasteiger partial charge in [0.1, 0.15) is 23.7 Å². The molecule has 4 aromatic carbocycles. The van der Waals surface area contributed by atoms with Crippen LogP contribution in [0.25, 0.3) is 16.8 Å². The van der Waals surface area contributed by atoms with E-state index in [0.717, 1.165) is 22.4 Å². The number of urea groups is 1. The van der Waals surface area contributed by atoms with E-state index in [4.69, 9.17) is 4.74 Å². The summed E-state index contributed by atoms with van der Waals surface area (Å²) in [7, 11) is 0. The van der Waals surface area contributed by atoms with Crippen molar-refractivity contribution in [3.63, 3.8) is 0 Å². The molecule has 4 aromatic rings. The molecule has 37 heavy (non-hydrogen) atoms. The van der Waals surface area contributed by atoms with Crippen molar-refractivity contribution in [3.05, 3.63) is 113 Å². The maximum Gasteiger partial charge on any atom is 0.335 e. The number of ether oxygens (including phenoxy) is 1. The van der Waals surface area contributed by atoms with Gasteiger partial charge in [-0.15, -0.1) is 0 Å². The van der Waals surface area contributed by atoms with Crippen molar-refractivity contribution in [1.82, 2.24) is 5.32 Å². The molecular formula is C29H18FN3O4. The van der Waals surface area contributed by atoms with E-state index in [0.29, 0.717) is 27.8 Å². The third kappa shape index (κ3) is 4.54. The largest absolute Gasteiger partial charge is 0.488 e. The highest BCUT2D eigenvalue weighted by Crippen LogP contribution is 2.32. The van der Waals surface area contributed by atoms with Gasteiger partial charge in [0.2, 0.25) is 0 Å². The molecule has 1 aliphatic heterocycles. The second-order valence-electron chi connectivity index (χ2n) is 8.19. The number of benzene rings is 4. The third-order valence-electron chi connectivity index (χ3n) is 5.93. The summed E-state index contributed by atoms with van der Waals surface area (Å²) in [6.07, 6.45) is 1.38. The second kappa shape index (κ2) is 9.76. The van der Waals surface area contributed by atoms with Gasteiger partial charge in [0.15, 0.2) is 0 Å². The fourth-order valence-electron chi connectivity index (χ4n) is 4.09. The normalized spacial score (nSPS) is 14.5. The molecule has 1 heterocycles. The zero-order chi connectivity index (χ0) is 25.9. The molecule has 7 nitrogen and oxygen atoms in total. The average Bonchev–Trinajstić information content (AvgIpc) is 2.91. The van der Waals surface area contributed by atoms with E-state index in [9.17, 15) is 24.0 Å². The highest BCUT2D eigenvalue weighted by Gasteiger charge is 2.37. The Kier molecular flexibility index (Phi) is 6.18. The third-order valence-corrected chi connectivity index (χ3v) is 5.93. The lowest BCUT2D eigenvalue weighted by atomic mass is 9.99. The smallest absolute Gasteiger partial charge is 0.335 e. The van der Waals surface area contributed by atoms with E-state index in [2.05, 4.69) is 11.4 Å². The first-order valence-electron chi connectivity index (χ1n) is 11.3. The van der Waals surface area contributed by atoms with Gasteiger partial charge in [0.25, 0.3) is 11.8 Å². The van der Waals surface area contributed by atoms with Gasteiger partial charge in [-0.25, -0.2) is 14.1 Å². The van der Waals surface area contributed by atoms with Gasteiger partial charge in [-0.05, 0) is 53.2 Å². The van der Waals surface area contributed by atoms with Gasteiger partial charge in [-0.2, -0.15) is 5.26 Å². The number of rotatable bonds is 5. The number of anilines is 1. The highest BCUT2D eigenvalue weighted by atomic mass is 19.1. The molecule has 1 fully saturated rings. The van der Waals surface area contributed by atoms with Crippen LogP contribution in [0.3, 0.4) is 0 Å². The van der Waals surface area contributed by atoms with Gasteiger partial charge in [0, 0.05) is 11.1 Å². The number of hydrogen-bond acceptors (Lipinski definition) is 5. The van der Waals surface area contributed by atoms with Crippen molar-refractivity contribution in [2.45, 2.75) is 6.61 Å². The quantitative estimate of drug-likeness (QED) is 0.310. The topological polar surface area (TPSA) is 99.5 Å². The molecule has 0 aromatic heterocycles. The highest BCUT2D eigenvalue weighted by molar-refractivity contribution is 6.39. The standard InChI is InChI=1S/C29H18FN3O4/c30-21-10-12-22(13-11-21)33-28(35)25(27(34)32-29(33)36)15-24-23-8-4-3-5-18(23)9-14-26(24)37-17-20-7-2-1-6-19(20)16-31/h1-15H,17H2,(H,32,34,36)/b25-15+. The van der Waals surface area contributed by atoms with Crippen LogP contribution in [0.15, 0.2) is 90.5 Å². The van der Waals surface area contributed by atoms with Crippen molar-refractivity contribution >= 4 is 40.4 Å². The van der Waals surface area contributed by atoms with Crippen molar-refractivity contribution in [2.24, 2.45) is 0 Å². The molecule has 1 saturated heterocycles. The molecule has 4 amide bonds. The van der Waals surface area contributed by atoms with Gasteiger partial charge < -0.3 is 4.74 Å². The molecule has 0 atom stereocenters. The molecule has 180 valence electrons. The van der Waals surface area contributed by atoms with Crippen LogP contribution in [0, 0.1) is 17.1 Å². The number of nitriles is 1. The number of carbonyl (C=O) groups excluding carboxylic acids is 3. The van der Waals surface area contributed by atoms with Crippen LogP contribution in [-0.4, -0.2) is 17.8 Å². The Bertz CT molecular complexity index is 1640. The Balaban J connectivity index is 1.59. The molecular weight excluding hydrogens is 473 g/mol. The van der Waals surface area contributed by atoms with E-state index in [1.54, 1.807) is 30.3 Å². The molecule has 0 aliphatic carbocycles. The van der Waals surface area contributed by atoms with Crippen LogP contribution in [-0.2, 0) is 16.2 Å². The second-order valence-corrected chi connectivity index (χ2v) is 8.19. The first-order valence-corrected chi connectivity index (χ1v) is 11.3. The summed E-state index contributed by atoms with van der Waals surface area (Å²) in [4.78, 5) is 39.4. The van der Waals surface area contributed by atoms with Gasteiger partial charge >= 0.3 is 6.03 Å². The first kappa shape index (κ1) is 23.5. The predicted octanol–water partition coefficient (Wildman–Crippen LogP) is 5.10. The summed E-state index contributed by atoms with van der Waals surface area (Å²) >= 11 is 0. The van der Waals surface area contributed by atoms with E-state index in [1.165, 1.54) is 18.2 Å². The number of fused-ring (bicyclic) bond motifs is 1. The summed E-state index contributed by atoms with van der Waals surface area (Å²) in [5.74, 6) is -1.86. The number of imide groups is 2. The molecule has 1 N–H and O–H groups in total. The van der Waals surface area contributed by atoms with E-state index < -0.39 is 23.7 Å². The van der Waals surface area contributed by atoms with Crippen molar-refractivity contribution < 1.29 is 23.5 Å². The lowest BCUT2D eigenvalue weighted by Crippen LogP contribution is -2.54. The van der Waals surface area contributed by atoms with E-state index >= 15 is 0 Å². The molecule has 0 bridgehead atoms. The molecule has 8 heteroatoms. The molecule has 0 spiro atoms. The minimum absolute atomic E-state index is 0.0819. The maximum atomic E-state index is 13.4. The molecule has 5 rings (SSSR count). The number of amides is 4. The fraction of sp³-hybridized carbons (Fsp3) is 0.0345. The first-order chi connectivity index (χ1) is 18.0. The number of nitrogens with one attached hydrogen (secondary N) is 1. The van der Waals surface area contributed by atoms with Gasteiger partial charge in [0.05, 0.1) is 17.3 Å². The Hall–Kier alpha value is -5.29. The number of hydrogen-bond donors (Lipinski definition) is 1. The predicted molar refractivity (Wildman–Crippen MR) is 135 cm³/mol. The summed E-state index contributed by atoms with van der Waals surface area (Å²) in [6, 6.07) is 24.0. The van der Waals surface area contributed by atoms with Crippen LogP contribution >= 0.6 is 0 Å². The summed E-state index contributed by atoms with van der Waals surface area (Å²) in [5.41, 5.74) is 1.43. The molecule has 0 saturated carbocycles. The summed E-state index contributed by atoms with van der Waals surface area (Å²) in [5, 5.41) is 13.1. The Morgan fingerprint density at radius 2 is 1.65 bits per heavy atom. The summed E-state index contributed by atoms with van der Waals surface area (Å²) < 4.78 is 19.5. The Morgan fingerprint density at radius 1 is 0.919 bits per heavy atom. The number of halogens is 1. The minimum atomic E-state index is -0.929. The Labute approximate surface area is 211 Å². The monoisotopic (exact) mass is 491 g/mol. The van der Waals surface area contributed by atoms with Crippen LogP contribution < -0.4 is 15.0 Å². The lowest BCUT2D eigenvalue weighted by Gasteiger charge is -2.26. The van der Waals surface area contributed by atoms with Crippen LogP contribution in [0.2, 0.25) is 0 Å². The zero-order valence-corrected chi connectivity index (χ0v) is 19.3. The molecule has 1 aliphatic rings. The van der Waals surface area contributed by atoms with Crippen LogP contribution in [0.1, 0.15) is 16.7 Å². The van der Waals surface area contributed by atoms with Crippen LogP contribution in [0.5, 0.6) is 5.75 Å². The van der Waals surface area contributed by atoms with Gasteiger partial charge in [-0.3, -0.25) is 14.9 Å². The maximum absolute atomic E-state index is 13.4. The Morgan fingerprint density at radius 3 is 2.43 bits per heavy atom. The number of nitrogens with zero attached hydrogens (tertiary/aromatic N) is 2. The van der Waals surface area contributed by atoms with Crippen molar-refractivity contribution in [3.8, 4) is 11.8 Å². The summed E-state index contributed by atoms with van der Waals surface area (Å²) in [6.45, 7) is 0.0819. The van der Waals surface area contributed by atoms with Crippen molar-refractivity contribution in [1.29, 1.82) is 5.26 Å². The molecule has 0 unspecified atom stereocenters. The number of barbiturate groups is 1. The van der Waals surface area contributed by atoms with Crippen molar-refractivity contribution in [2.75, 3.05) is 4.90 Å². The fourth-order valence-corrected chi connectivity index (χ4v) is 4.09. The number of carbonyl (C=O) groups is 3. The van der Waals surface area contributed by atoms with E-state index in [-0.39, 0.29) is 17.9 Å². The van der Waals surface area contributed by atoms with Crippen LogP contribution in [0.4, 0.5) is 14.9 Å². The lowest BCUT2D eigenvalue weighted by molar-refractivity contribution is -0.122. The van der Waals surface area contributed by atoms with Gasteiger partial charge in [-0.1, -0.05) is 48.5 Å². The van der Waals surface area contributed by atoms with E-state index in [1.807, 2.05) is 30.3 Å². The average molecular weight is 491 g/mol. The minimum Gasteiger partial charge on any atom is -0.488 e. The zero-order valence-electron chi connectivity index (χ0n) is 19.3. The SMILES string of the molecule is N#Cc1ccccc1COc1ccc2ccccc2c1/C=C1\C(=O)NC(=O)N(c2ccc(F)cc2)C1=O.